The lowest BCUT2D eigenvalue weighted by atomic mass is 10.0. The summed E-state index contributed by atoms with van der Waals surface area (Å²) in [6, 6.07) is 5.67. The summed E-state index contributed by atoms with van der Waals surface area (Å²) in [4.78, 5) is 24.3. The highest BCUT2D eigenvalue weighted by Gasteiger charge is 2.29. The molecule has 1 aliphatic rings. The molecule has 1 aliphatic heterocycles. The number of rotatable bonds is 6. The minimum atomic E-state index is -3.31. The third-order valence-electron chi connectivity index (χ3n) is 3.99. The molecule has 1 aromatic rings. The largest absolute Gasteiger partial charge is 0.467 e. The molecule has 138 valence electrons. The lowest BCUT2D eigenvalue weighted by Gasteiger charge is -2.20. The summed E-state index contributed by atoms with van der Waals surface area (Å²) in [6.07, 6.45) is 1.02. The van der Waals surface area contributed by atoms with Crippen LogP contribution in [0, 0.1) is 5.92 Å². The summed E-state index contributed by atoms with van der Waals surface area (Å²) < 4.78 is 30.1. The summed E-state index contributed by atoms with van der Waals surface area (Å²) >= 11 is 0. The van der Waals surface area contributed by atoms with Gasteiger partial charge in [0.25, 0.3) is 5.91 Å². The SMILES string of the molecule is COC(=O)[C@@H](CC(C)C)NC(=O)c1cccc(N2CCCS2(=O)=O)c1. The number of amides is 1. The van der Waals surface area contributed by atoms with Gasteiger partial charge in [0.05, 0.1) is 18.6 Å². The van der Waals surface area contributed by atoms with Crippen LogP contribution in [-0.4, -0.2) is 45.7 Å². The number of carbonyl (C=O) groups excluding carboxylic acids is 2. The van der Waals surface area contributed by atoms with E-state index in [1.807, 2.05) is 13.8 Å². The minimum Gasteiger partial charge on any atom is -0.467 e. The second-order valence-electron chi connectivity index (χ2n) is 6.47. The van der Waals surface area contributed by atoms with E-state index < -0.39 is 27.9 Å². The van der Waals surface area contributed by atoms with Gasteiger partial charge in [-0.05, 0) is 37.0 Å². The number of esters is 1. The third kappa shape index (κ3) is 4.72. The van der Waals surface area contributed by atoms with Crippen LogP contribution in [0.1, 0.15) is 37.0 Å². The fourth-order valence-corrected chi connectivity index (χ4v) is 4.36. The smallest absolute Gasteiger partial charge is 0.328 e. The maximum atomic E-state index is 12.5. The fourth-order valence-electron chi connectivity index (χ4n) is 2.80. The van der Waals surface area contributed by atoms with Crippen LogP contribution in [0.15, 0.2) is 24.3 Å². The van der Waals surface area contributed by atoms with E-state index in [0.29, 0.717) is 30.6 Å². The average molecular weight is 368 g/mol. The number of benzene rings is 1. The first-order valence-corrected chi connectivity index (χ1v) is 9.84. The minimum absolute atomic E-state index is 0.113. The van der Waals surface area contributed by atoms with Gasteiger partial charge >= 0.3 is 5.97 Å². The number of ether oxygens (including phenoxy) is 1. The van der Waals surface area contributed by atoms with Gasteiger partial charge in [-0.1, -0.05) is 19.9 Å². The van der Waals surface area contributed by atoms with Crippen LogP contribution in [0.5, 0.6) is 0 Å². The predicted molar refractivity (Wildman–Crippen MR) is 94.9 cm³/mol. The van der Waals surface area contributed by atoms with Gasteiger partial charge in [-0.25, -0.2) is 13.2 Å². The normalized spacial score (nSPS) is 17.4. The van der Waals surface area contributed by atoms with E-state index in [1.54, 1.807) is 18.2 Å². The topological polar surface area (TPSA) is 92.8 Å². The molecule has 0 radical (unpaired) electrons. The molecule has 0 bridgehead atoms. The second kappa shape index (κ2) is 7.86. The number of hydrogen-bond acceptors (Lipinski definition) is 5. The Kier molecular flexibility index (Phi) is 6.05. The fraction of sp³-hybridized carbons (Fsp3) is 0.529. The molecule has 1 saturated heterocycles. The van der Waals surface area contributed by atoms with E-state index in [2.05, 4.69) is 5.32 Å². The summed E-state index contributed by atoms with van der Waals surface area (Å²) in [6.45, 7) is 4.30. The first-order valence-electron chi connectivity index (χ1n) is 8.23. The Balaban J connectivity index is 2.19. The molecule has 7 nitrogen and oxygen atoms in total. The van der Waals surface area contributed by atoms with Crippen LogP contribution in [0.25, 0.3) is 0 Å². The molecule has 1 heterocycles. The Bertz CT molecular complexity index is 745. The van der Waals surface area contributed by atoms with E-state index in [1.165, 1.54) is 17.5 Å². The Morgan fingerprint density at radius 2 is 2.04 bits per heavy atom. The lowest BCUT2D eigenvalue weighted by Crippen LogP contribution is -2.42. The number of nitrogens with one attached hydrogen (secondary N) is 1. The third-order valence-corrected chi connectivity index (χ3v) is 5.86. The molecule has 1 atom stereocenters. The van der Waals surface area contributed by atoms with Crippen molar-refractivity contribution in [3.63, 3.8) is 0 Å². The summed E-state index contributed by atoms with van der Waals surface area (Å²) in [7, 11) is -2.03. The quantitative estimate of drug-likeness (QED) is 0.769. The van der Waals surface area contributed by atoms with Crippen LogP contribution in [-0.2, 0) is 19.6 Å². The van der Waals surface area contributed by atoms with Gasteiger partial charge in [-0.15, -0.1) is 0 Å². The maximum Gasteiger partial charge on any atom is 0.328 e. The van der Waals surface area contributed by atoms with Crippen LogP contribution in [0.4, 0.5) is 5.69 Å². The highest BCUT2D eigenvalue weighted by atomic mass is 32.2. The Labute approximate surface area is 148 Å². The van der Waals surface area contributed by atoms with Crippen molar-refractivity contribution in [2.45, 2.75) is 32.7 Å². The van der Waals surface area contributed by atoms with Crippen molar-refractivity contribution in [1.82, 2.24) is 5.32 Å². The van der Waals surface area contributed by atoms with Gasteiger partial charge in [0.1, 0.15) is 6.04 Å². The van der Waals surface area contributed by atoms with Crippen molar-refractivity contribution in [2.24, 2.45) is 5.92 Å². The molecule has 0 aromatic heterocycles. The van der Waals surface area contributed by atoms with Crippen molar-refractivity contribution in [3.05, 3.63) is 29.8 Å². The van der Waals surface area contributed by atoms with E-state index in [9.17, 15) is 18.0 Å². The zero-order chi connectivity index (χ0) is 18.6. The molecule has 0 spiro atoms. The molecule has 0 saturated carbocycles. The predicted octanol–water partition coefficient (Wildman–Crippen LogP) is 1.54. The van der Waals surface area contributed by atoms with Crippen LogP contribution in [0.2, 0.25) is 0 Å². The second-order valence-corrected chi connectivity index (χ2v) is 8.48. The van der Waals surface area contributed by atoms with Crippen molar-refractivity contribution in [2.75, 3.05) is 23.7 Å². The standard InChI is InChI=1S/C17H24N2O5S/c1-12(2)10-15(17(21)24-3)18-16(20)13-6-4-7-14(11-13)19-8-5-9-25(19,22)23/h4,6-7,11-12,15H,5,8-10H2,1-3H3,(H,18,20)/t15-/m1/s1. The van der Waals surface area contributed by atoms with E-state index in [4.69, 9.17) is 4.74 Å². The highest BCUT2D eigenvalue weighted by Crippen LogP contribution is 2.24. The van der Waals surface area contributed by atoms with Crippen LogP contribution in [0.3, 0.4) is 0 Å². The van der Waals surface area contributed by atoms with Crippen molar-refractivity contribution < 1.29 is 22.7 Å². The highest BCUT2D eigenvalue weighted by molar-refractivity contribution is 7.93. The van der Waals surface area contributed by atoms with Gasteiger partial charge in [-0.2, -0.15) is 0 Å². The van der Waals surface area contributed by atoms with E-state index in [-0.39, 0.29) is 11.7 Å². The first-order chi connectivity index (χ1) is 11.7. The molecular weight excluding hydrogens is 344 g/mol. The number of sulfonamides is 1. The van der Waals surface area contributed by atoms with E-state index >= 15 is 0 Å². The van der Waals surface area contributed by atoms with Gasteiger partial charge < -0.3 is 10.1 Å². The summed E-state index contributed by atoms with van der Waals surface area (Å²) in [5, 5.41) is 2.67. The number of carbonyl (C=O) groups is 2. The van der Waals surface area contributed by atoms with E-state index in [0.717, 1.165) is 0 Å². The molecule has 0 unspecified atom stereocenters. The summed E-state index contributed by atoms with van der Waals surface area (Å²) in [5.74, 6) is -0.623. The Morgan fingerprint density at radius 3 is 2.60 bits per heavy atom. The summed E-state index contributed by atoms with van der Waals surface area (Å²) in [5.41, 5.74) is 0.765. The van der Waals surface area contributed by atoms with Gasteiger partial charge in [-0.3, -0.25) is 9.10 Å². The van der Waals surface area contributed by atoms with Crippen LogP contribution >= 0.6 is 0 Å². The molecule has 8 heteroatoms. The number of nitrogens with zero attached hydrogens (tertiary/aromatic N) is 1. The first kappa shape index (κ1) is 19.2. The molecule has 0 aliphatic carbocycles. The van der Waals surface area contributed by atoms with Crippen LogP contribution < -0.4 is 9.62 Å². The molecule has 1 N–H and O–H groups in total. The zero-order valence-corrected chi connectivity index (χ0v) is 15.5. The molecule has 25 heavy (non-hydrogen) atoms. The van der Waals surface area contributed by atoms with Gasteiger partial charge in [0.15, 0.2) is 0 Å². The number of hydrogen-bond donors (Lipinski definition) is 1. The average Bonchev–Trinajstić information content (AvgIpc) is 2.92. The monoisotopic (exact) mass is 368 g/mol. The Hall–Kier alpha value is -2.09. The molecular formula is C17H24N2O5S. The van der Waals surface area contributed by atoms with Crippen molar-refractivity contribution in [3.8, 4) is 0 Å². The van der Waals surface area contributed by atoms with Gasteiger partial charge in [0.2, 0.25) is 10.0 Å². The number of methoxy groups -OCH3 is 1. The zero-order valence-electron chi connectivity index (χ0n) is 14.7. The van der Waals surface area contributed by atoms with Crippen molar-refractivity contribution in [1.29, 1.82) is 0 Å². The molecule has 1 fully saturated rings. The molecule has 1 aromatic carbocycles. The molecule has 1 amide bonds. The molecule has 2 rings (SSSR count). The number of anilines is 1. The van der Waals surface area contributed by atoms with Gasteiger partial charge in [0, 0.05) is 12.1 Å². The van der Waals surface area contributed by atoms with Crippen molar-refractivity contribution >= 4 is 27.6 Å². The lowest BCUT2D eigenvalue weighted by molar-refractivity contribution is -0.143. The Morgan fingerprint density at radius 1 is 1.32 bits per heavy atom. The maximum absolute atomic E-state index is 12.5.